The fourth-order valence-corrected chi connectivity index (χ4v) is 4.30. The van der Waals surface area contributed by atoms with Crippen LogP contribution in [0, 0.1) is 5.92 Å². The minimum Gasteiger partial charge on any atom is -0.446 e. The van der Waals surface area contributed by atoms with Gasteiger partial charge in [0.2, 0.25) is 0 Å². The molecule has 0 aromatic rings. The molecule has 3 aliphatic heterocycles. The minimum atomic E-state index is -0.107. The summed E-state index contributed by atoms with van der Waals surface area (Å²) in [6.45, 7) is 5.95. The molecule has 4 aliphatic rings. The third-order valence-electron chi connectivity index (χ3n) is 6.30. The molecule has 3 saturated heterocycles. The van der Waals surface area contributed by atoms with E-state index in [1.54, 1.807) is 7.11 Å². The molecule has 6 nitrogen and oxygen atoms in total. The van der Waals surface area contributed by atoms with Gasteiger partial charge in [-0.3, -0.25) is 0 Å². The molecule has 0 aromatic carbocycles. The monoisotopic (exact) mass is 338 g/mol. The summed E-state index contributed by atoms with van der Waals surface area (Å²) < 4.78 is 16.6. The average molecular weight is 338 g/mol. The lowest BCUT2D eigenvalue weighted by molar-refractivity contribution is 0.00510. The van der Waals surface area contributed by atoms with Crippen LogP contribution in [0.1, 0.15) is 38.5 Å². The van der Waals surface area contributed by atoms with Crippen molar-refractivity contribution in [1.29, 1.82) is 0 Å². The number of hydrogen-bond acceptors (Lipinski definition) is 5. The van der Waals surface area contributed by atoms with Gasteiger partial charge in [0.1, 0.15) is 6.10 Å². The molecule has 6 heteroatoms. The van der Waals surface area contributed by atoms with Gasteiger partial charge in [-0.05, 0) is 51.0 Å². The van der Waals surface area contributed by atoms with Crippen molar-refractivity contribution in [3.05, 3.63) is 0 Å². The summed E-state index contributed by atoms with van der Waals surface area (Å²) in [4.78, 5) is 16.5. The largest absolute Gasteiger partial charge is 0.446 e. The molecule has 136 valence electrons. The Bertz CT molecular complexity index is 452. The number of nitrogens with zero attached hydrogens (tertiary/aromatic N) is 2. The first-order valence-corrected chi connectivity index (χ1v) is 9.50. The standard InChI is InChI=1S/C18H30N2O4/c1-22-16-5-9-19(12-16)8-4-14-10-20(11-14)17(21)24-15-2-6-18(7-3-15)13-23-18/h14-16H,2-13H2,1H3/t15?,16-,18?/m1/s1. The number of epoxide rings is 1. The summed E-state index contributed by atoms with van der Waals surface area (Å²) in [5.41, 5.74) is 0.169. The van der Waals surface area contributed by atoms with Crippen LogP contribution >= 0.6 is 0 Å². The first-order chi connectivity index (χ1) is 11.7. The highest BCUT2D eigenvalue weighted by Crippen LogP contribution is 2.42. The molecule has 0 radical (unpaired) electrons. The third kappa shape index (κ3) is 3.70. The van der Waals surface area contributed by atoms with Crippen molar-refractivity contribution in [2.75, 3.05) is 46.4 Å². The first-order valence-electron chi connectivity index (χ1n) is 9.50. The van der Waals surface area contributed by atoms with E-state index >= 15 is 0 Å². The molecule has 1 spiro atoms. The Kier molecular flexibility index (Phi) is 4.71. The number of ether oxygens (including phenoxy) is 3. The minimum absolute atomic E-state index is 0.0990. The summed E-state index contributed by atoms with van der Waals surface area (Å²) >= 11 is 0. The van der Waals surface area contributed by atoms with Gasteiger partial charge in [-0.1, -0.05) is 0 Å². The Balaban J connectivity index is 1.10. The summed E-state index contributed by atoms with van der Waals surface area (Å²) in [6.07, 6.45) is 6.73. The van der Waals surface area contributed by atoms with E-state index in [1.807, 2.05) is 4.90 Å². The van der Waals surface area contributed by atoms with Crippen molar-refractivity contribution in [2.45, 2.75) is 56.3 Å². The molecule has 4 rings (SSSR count). The normalized spacial score (nSPS) is 36.8. The van der Waals surface area contributed by atoms with Crippen LogP contribution in [0.5, 0.6) is 0 Å². The van der Waals surface area contributed by atoms with Crippen LogP contribution in [0.4, 0.5) is 4.79 Å². The molecule has 3 heterocycles. The highest BCUT2D eigenvalue weighted by atomic mass is 16.6. The van der Waals surface area contributed by atoms with E-state index in [2.05, 4.69) is 4.90 Å². The Hall–Kier alpha value is -0.850. The SMILES string of the molecule is CO[C@@H]1CCN(CCC2CN(C(=O)OC3CCC4(CC3)CO4)C2)C1. The number of hydrogen-bond donors (Lipinski definition) is 0. The maximum absolute atomic E-state index is 12.2. The number of carbonyl (C=O) groups is 1. The topological polar surface area (TPSA) is 54.5 Å². The van der Waals surface area contributed by atoms with Crippen molar-refractivity contribution < 1.29 is 19.0 Å². The zero-order chi connectivity index (χ0) is 16.6. The summed E-state index contributed by atoms with van der Waals surface area (Å²) in [7, 11) is 1.80. The quantitative estimate of drug-likeness (QED) is 0.717. The van der Waals surface area contributed by atoms with Crippen LogP contribution in [0.25, 0.3) is 0 Å². The van der Waals surface area contributed by atoms with E-state index in [0.717, 1.165) is 71.4 Å². The van der Waals surface area contributed by atoms with Crippen LogP contribution in [-0.4, -0.2) is 80.1 Å². The van der Waals surface area contributed by atoms with Crippen LogP contribution in [0.3, 0.4) is 0 Å². The molecule has 1 amide bonds. The molecular weight excluding hydrogens is 308 g/mol. The lowest BCUT2D eigenvalue weighted by atomic mass is 9.88. The maximum Gasteiger partial charge on any atom is 0.410 e. The van der Waals surface area contributed by atoms with E-state index in [9.17, 15) is 4.79 Å². The summed E-state index contributed by atoms with van der Waals surface area (Å²) in [5.74, 6) is 0.633. The van der Waals surface area contributed by atoms with Gasteiger partial charge in [0, 0.05) is 33.3 Å². The van der Waals surface area contributed by atoms with Gasteiger partial charge < -0.3 is 24.0 Å². The van der Waals surface area contributed by atoms with Crippen molar-refractivity contribution >= 4 is 6.09 Å². The molecule has 1 aliphatic carbocycles. The summed E-state index contributed by atoms with van der Waals surface area (Å²) in [5, 5.41) is 0. The molecule has 1 atom stereocenters. The van der Waals surface area contributed by atoms with Gasteiger partial charge in [0.05, 0.1) is 18.3 Å². The molecule has 0 aromatic heterocycles. The zero-order valence-corrected chi connectivity index (χ0v) is 14.7. The number of likely N-dealkylation sites (tertiary alicyclic amines) is 2. The van der Waals surface area contributed by atoms with Gasteiger partial charge >= 0.3 is 6.09 Å². The number of carbonyl (C=O) groups excluding carboxylic acids is 1. The Morgan fingerprint density at radius 3 is 2.54 bits per heavy atom. The molecule has 0 unspecified atom stereocenters. The van der Waals surface area contributed by atoms with Crippen LogP contribution in [-0.2, 0) is 14.2 Å². The van der Waals surface area contributed by atoms with Crippen molar-refractivity contribution in [3.8, 4) is 0 Å². The lowest BCUT2D eigenvalue weighted by Crippen LogP contribution is -2.51. The second kappa shape index (κ2) is 6.81. The predicted molar refractivity (Wildman–Crippen MR) is 89.0 cm³/mol. The van der Waals surface area contributed by atoms with Gasteiger partial charge in [-0.15, -0.1) is 0 Å². The molecule has 0 N–H and O–H groups in total. The van der Waals surface area contributed by atoms with E-state index in [0.29, 0.717) is 12.0 Å². The number of amides is 1. The molecule has 1 saturated carbocycles. The summed E-state index contributed by atoms with van der Waals surface area (Å²) in [6, 6.07) is 0. The van der Waals surface area contributed by atoms with E-state index in [4.69, 9.17) is 14.2 Å². The zero-order valence-electron chi connectivity index (χ0n) is 14.7. The molecule has 4 fully saturated rings. The fraction of sp³-hybridized carbons (Fsp3) is 0.944. The second-order valence-corrected chi connectivity index (χ2v) is 8.06. The van der Waals surface area contributed by atoms with Crippen LogP contribution in [0.15, 0.2) is 0 Å². The highest BCUT2D eigenvalue weighted by molar-refractivity contribution is 5.68. The lowest BCUT2D eigenvalue weighted by Gasteiger charge is -2.40. The highest BCUT2D eigenvalue weighted by Gasteiger charge is 2.47. The van der Waals surface area contributed by atoms with Crippen molar-refractivity contribution in [3.63, 3.8) is 0 Å². The van der Waals surface area contributed by atoms with Crippen LogP contribution in [0.2, 0.25) is 0 Å². The van der Waals surface area contributed by atoms with Crippen LogP contribution < -0.4 is 0 Å². The Morgan fingerprint density at radius 1 is 1.17 bits per heavy atom. The molecule has 0 bridgehead atoms. The first kappa shape index (κ1) is 16.6. The number of methoxy groups -OCH3 is 1. The van der Waals surface area contributed by atoms with E-state index < -0.39 is 0 Å². The number of rotatable bonds is 5. The van der Waals surface area contributed by atoms with Gasteiger partial charge in [-0.2, -0.15) is 0 Å². The maximum atomic E-state index is 12.2. The van der Waals surface area contributed by atoms with Crippen molar-refractivity contribution in [2.24, 2.45) is 5.92 Å². The van der Waals surface area contributed by atoms with Gasteiger partial charge in [-0.25, -0.2) is 4.79 Å². The molecular formula is C18H30N2O4. The second-order valence-electron chi connectivity index (χ2n) is 8.06. The predicted octanol–water partition coefficient (Wildman–Crippen LogP) is 1.88. The Labute approximate surface area is 144 Å². The fourth-order valence-electron chi connectivity index (χ4n) is 4.30. The van der Waals surface area contributed by atoms with E-state index in [1.165, 1.54) is 6.42 Å². The Morgan fingerprint density at radius 2 is 1.92 bits per heavy atom. The molecule has 24 heavy (non-hydrogen) atoms. The third-order valence-corrected chi connectivity index (χ3v) is 6.30. The van der Waals surface area contributed by atoms with Crippen molar-refractivity contribution in [1.82, 2.24) is 9.80 Å². The van der Waals surface area contributed by atoms with Gasteiger partial charge in [0.15, 0.2) is 0 Å². The average Bonchev–Trinajstić information content (AvgIpc) is 3.14. The van der Waals surface area contributed by atoms with Gasteiger partial charge in [0.25, 0.3) is 0 Å². The van der Waals surface area contributed by atoms with E-state index in [-0.39, 0.29) is 17.8 Å². The smallest absolute Gasteiger partial charge is 0.410 e.